The lowest BCUT2D eigenvalue weighted by Gasteiger charge is -2.28. The van der Waals surface area contributed by atoms with Crippen molar-refractivity contribution in [3.8, 4) is 0 Å². The van der Waals surface area contributed by atoms with Crippen molar-refractivity contribution in [3.05, 3.63) is 6.20 Å². The summed E-state index contributed by atoms with van der Waals surface area (Å²) in [6.07, 6.45) is 4.41. The number of rotatable bonds is 6. The Morgan fingerprint density at radius 1 is 1.69 bits per heavy atom. The van der Waals surface area contributed by atoms with Crippen LogP contribution < -0.4 is 10.6 Å². The topological polar surface area (TPSA) is 51.4 Å². The second-order valence-electron chi connectivity index (χ2n) is 4.31. The molecule has 90 valence electrons. The Labute approximate surface area is 100 Å². The summed E-state index contributed by atoms with van der Waals surface area (Å²) < 4.78 is 5.15. The van der Waals surface area contributed by atoms with Crippen LogP contribution in [-0.4, -0.2) is 31.3 Å². The van der Waals surface area contributed by atoms with Crippen LogP contribution in [0.5, 0.6) is 0 Å². The van der Waals surface area contributed by atoms with E-state index < -0.39 is 0 Å². The van der Waals surface area contributed by atoms with Crippen LogP contribution in [-0.2, 0) is 4.74 Å². The van der Waals surface area contributed by atoms with Crippen LogP contribution in [0, 0.1) is 5.92 Å². The van der Waals surface area contributed by atoms with Crippen molar-refractivity contribution in [2.45, 2.75) is 25.8 Å². The van der Waals surface area contributed by atoms with Gasteiger partial charge in [-0.15, -0.1) is 0 Å². The molecule has 1 saturated carbocycles. The number of aromatic nitrogens is 1. The van der Waals surface area contributed by atoms with Crippen LogP contribution in [0.4, 0.5) is 10.1 Å². The molecule has 0 aliphatic heterocycles. The summed E-state index contributed by atoms with van der Waals surface area (Å²) in [5.74, 6) is 0.821. The van der Waals surface area contributed by atoms with Gasteiger partial charge < -0.3 is 15.4 Å². The van der Waals surface area contributed by atoms with Gasteiger partial charge in [0.25, 0.3) is 0 Å². The van der Waals surface area contributed by atoms with Gasteiger partial charge in [0.2, 0.25) is 0 Å². The Kier molecular flexibility index (Phi) is 3.66. The van der Waals surface area contributed by atoms with Gasteiger partial charge in [0.1, 0.15) is 5.00 Å². The van der Waals surface area contributed by atoms with E-state index in [1.165, 1.54) is 12.8 Å². The fraction of sp³-hybridized carbons (Fsp3) is 0.727. The molecule has 1 unspecified atom stereocenters. The zero-order chi connectivity index (χ0) is 11.5. The fourth-order valence-electron chi connectivity index (χ4n) is 1.91. The van der Waals surface area contributed by atoms with E-state index in [4.69, 9.17) is 10.5 Å². The minimum Gasteiger partial charge on any atom is -0.389 e. The number of nitrogens with two attached hydrogens (primary N) is 1. The van der Waals surface area contributed by atoms with Crippen LogP contribution in [0.2, 0.25) is 0 Å². The normalized spacial score (nSPS) is 17.4. The minimum absolute atomic E-state index is 0.542. The minimum atomic E-state index is 0.542. The Morgan fingerprint density at radius 2 is 2.44 bits per heavy atom. The lowest BCUT2D eigenvalue weighted by molar-refractivity contribution is 0.202. The molecule has 0 aromatic carbocycles. The van der Waals surface area contributed by atoms with Crippen LogP contribution in [0.15, 0.2) is 6.20 Å². The van der Waals surface area contributed by atoms with Crippen molar-refractivity contribution in [3.63, 3.8) is 0 Å². The molecule has 0 amide bonds. The molecule has 5 heteroatoms. The first kappa shape index (κ1) is 11.7. The first-order valence-electron chi connectivity index (χ1n) is 5.69. The van der Waals surface area contributed by atoms with Gasteiger partial charge in [-0.25, -0.2) is 4.98 Å². The monoisotopic (exact) mass is 241 g/mol. The molecular weight excluding hydrogens is 222 g/mol. The average molecular weight is 241 g/mol. The molecule has 1 fully saturated rings. The third-order valence-corrected chi connectivity index (χ3v) is 3.95. The predicted molar refractivity (Wildman–Crippen MR) is 67.9 cm³/mol. The first-order chi connectivity index (χ1) is 7.72. The second-order valence-corrected chi connectivity index (χ2v) is 5.35. The molecule has 2 rings (SSSR count). The maximum atomic E-state index is 5.74. The summed E-state index contributed by atoms with van der Waals surface area (Å²) in [6.45, 7) is 3.89. The van der Waals surface area contributed by atoms with E-state index in [9.17, 15) is 0 Å². The number of thiazole rings is 1. The molecule has 4 nitrogen and oxygen atoms in total. The molecule has 1 aliphatic rings. The van der Waals surface area contributed by atoms with Gasteiger partial charge in [-0.1, -0.05) is 11.3 Å². The molecule has 1 aromatic heterocycles. The highest BCUT2D eigenvalue weighted by Crippen LogP contribution is 2.38. The van der Waals surface area contributed by atoms with Crippen molar-refractivity contribution in [2.75, 3.05) is 30.9 Å². The van der Waals surface area contributed by atoms with Gasteiger partial charge in [-0.2, -0.15) is 0 Å². The quantitative estimate of drug-likeness (QED) is 0.827. The molecule has 0 spiro atoms. The molecule has 1 atom stereocenters. The Bertz CT molecular complexity index is 338. The number of ether oxygens (including phenoxy) is 1. The SMILES string of the molecule is COCCN(c1ncc(N)s1)C(C)C1CC1. The third kappa shape index (κ3) is 2.65. The maximum Gasteiger partial charge on any atom is 0.187 e. The van der Waals surface area contributed by atoms with E-state index in [1.54, 1.807) is 24.6 Å². The highest BCUT2D eigenvalue weighted by Gasteiger charge is 2.32. The van der Waals surface area contributed by atoms with Crippen molar-refractivity contribution in [1.82, 2.24) is 4.98 Å². The molecule has 1 aliphatic carbocycles. The molecule has 0 saturated heterocycles. The summed E-state index contributed by atoms with van der Waals surface area (Å²) in [6, 6.07) is 0.542. The first-order valence-corrected chi connectivity index (χ1v) is 6.51. The lowest BCUT2D eigenvalue weighted by atomic mass is 10.2. The van der Waals surface area contributed by atoms with E-state index in [0.717, 1.165) is 29.2 Å². The van der Waals surface area contributed by atoms with Crippen molar-refractivity contribution in [2.24, 2.45) is 5.92 Å². The highest BCUT2D eigenvalue weighted by molar-refractivity contribution is 7.19. The summed E-state index contributed by atoms with van der Waals surface area (Å²) in [5.41, 5.74) is 5.74. The zero-order valence-corrected chi connectivity index (χ0v) is 10.7. The summed E-state index contributed by atoms with van der Waals surface area (Å²) in [5, 5.41) is 1.80. The fourth-order valence-corrected chi connectivity index (χ4v) is 2.70. The van der Waals surface area contributed by atoms with Gasteiger partial charge >= 0.3 is 0 Å². The molecule has 1 heterocycles. The van der Waals surface area contributed by atoms with Gasteiger partial charge in [-0.05, 0) is 25.7 Å². The van der Waals surface area contributed by atoms with Gasteiger partial charge in [0.15, 0.2) is 5.13 Å². The standard InChI is InChI=1S/C11H19N3OS/c1-8(9-3-4-9)14(5-6-15-2)11-13-7-10(12)16-11/h7-9H,3-6,12H2,1-2H3. The van der Waals surface area contributed by atoms with E-state index in [-0.39, 0.29) is 0 Å². The van der Waals surface area contributed by atoms with Crippen LogP contribution in [0.3, 0.4) is 0 Å². The van der Waals surface area contributed by atoms with E-state index in [2.05, 4.69) is 16.8 Å². The van der Waals surface area contributed by atoms with E-state index >= 15 is 0 Å². The van der Waals surface area contributed by atoms with Gasteiger partial charge in [0, 0.05) is 19.7 Å². The molecule has 16 heavy (non-hydrogen) atoms. The highest BCUT2D eigenvalue weighted by atomic mass is 32.1. The predicted octanol–water partition coefficient (Wildman–Crippen LogP) is 1.98. The Balaban J connectivity index is 2.06. The summed E-state index contributed by atoms with van der Waals surface area (Å²) >= 11 is 1.56. The summed E-state index contributed by atoms with van der Waals surface area (Å²) in [4.78, 5) is 6.69. The van der Waals surface area contributed by atoms with Crippen LogP contribution >= 0.6 is 11.3 Å². The molecule has 1 aromatic rings. The number of nitrogen functional groups attached to an aromatic ring is 1. The molecule has 0 bridgehead atoms. The van der Waals surface area contributed by atoms with Crippen LogP contribution in [0.25, 0.3) is 0 Å². The second kappa shape index (κ2) is 5.01. The number of hydrogen-bond acceptors (Lipinski definition) is 5. The van der Waals surface area contributed by atoms with E-state index in [1.807, 2.05) is 0 Å². The van der Waals surface area contributed by atoms with Gasteiger partial charge in [0.05, 0.1) is 12.8 Å². The third-order valence-electron chi connectivity index (χ3n) is 3.09. The molecule has 2 N–H and O–H groups in total. The number of hydrogen-bond donors (Lipinski definition) is 1. The number of methoxy groups -OCH3 is 1. The zero-order valence-electron chi connectivity index (χ0n) is 9.85. The van der Waals surface area contributed by atoms with Crippen molar-refractivity contribution >= 4 is 21.5 Å². The molecule has 0 radical (unpaired) electrons. The maximum absolute atomic E-state index is 5.74. The molecular formula is C11H19N3OS. The lowest BCUT2D eigenvalue weighted by Crippen LogP contribution is -2.37. The van der Waals surface area contributed by atoms with Gasteiger partial charge in [-0.3, -0.25) is 0 Å². The number of anilines is 2. The van der Waals surface area contributed by atoms with E-state index in [0.29, 0.717) is 6.04 Å². The van der Waals surface area contributed by atoms with Crippen LogP contribution in [0.1, 0.15) is 19.8 Å². The number of nitrogens with zero attached hydrogens (tertiary/aromatic N) is 2. The average Bonchev–Trinajstić information content (AvgIpc) is 3.03. The Morgan fingerprint density at radius 3 is 2.94 bits per heavy atom. The van der Waals surface area contributed by atoms with Crippen molar-refractivity contribution in [1.29, 1.82) is 0 Å². The smallest absolute Gasteiger partial charge is 0.187 e. The van der Waals surface area contributed by atoms with Crippen molar-refractivity contribution < 1.29 is 4.74 Å². The summed E-state index contributed by atoms with van der Waals surface area (Å²) in [7, 11) is 1.73. The Hall–Kier alpha value is -0.810. The largest absolute Gasteiger partial charge is 0.389 e.